The van der Waals surface area contributed by atoms with Crippen LogP contribution in [0.2, 0.25) is 0 Å². The van der Waals surface area contributed by atoms with Crippen molar-refractivity contribution < 1.29 is 0 Å². The molecule has 96 valence electrons. The van der Waals surface area contributed by atoms with Crippen molar-refractivity contribution >= 4 is 27.3 Å². The van der Waals surface area contributed by atoms with Crippen molar-refractivity contribution in [1.29, 1.82) is 0 Å². The summed E-state index contributed by atoms with van der Waals surface area (Å²) in [6, 6.07) is 14.7. The smallest absolute Gasteiger partial charge is 0.128 e. The van der Waals surface area contributed by atoms with Gasteiger partial charge in [-0.25, -0.2) is 4.98 Å². The second-order valence-electron chi connectivity index (χ2n) is 4.63. The molecule has 0 amide bonds. The highest BCUT2D eigenvalue weighted by Gasteiger charge is 2.13. The van der Waals surface area contributed by atoms with E-state index < -0.39 is 0 Å². The Balaban J connectivity index is 1.75. The number of benzene rings is 1. The molecule has 3 heteroatoms. The van der Waals surface area contributed by atoms with Gasteiger partial charge in [0.05, 0.1) is 0 Å². The van der Waals surface area contributed by atoms with Crippen LogP contribution in [-0.4, -0.2) is 18.1 Å². The van der Waals surface area contributed by atoms with E-state index in [0.29, 0.717) is 0 Å². The van der Waals surface area contributed by atoms with Gasteiger partial charge in [-0.3, -0.25) is 0 Å². The molecule has 19 heavy (non-hydrogen) atoms. The lowest BCUT2D eigenvalue weighted by Gasteiger charge is -2.27. The summed E-state index contributed by atoms with van der Waals surface area (Å²) in [6.07, 6.45) is 5.23. The van der Waals surface area contributed by atoms with Crippen molar-refractivity contribution in [3.05, 3.63) is 64.8 Å². The summed E-state index contributed by atoms with van der Waals surface area (Å²) < 4.78 is 1.02. The first-order valence-corrected chi connectivity index (χ1v) is 7.23. The lowest BCUT2D eigenvalue weighted by molar-refractivity contribution is 0.816. The van der Waals surface area contributed by atoms with Crippen LogP contribution in [0.5, 0.6) is 0 Å². The molecule has 2 nitrogen and oxygen atoms in total. The van der Waals surface area contributed by atoms with Crippen LogP contribution in [0.4, 0.5) is 5.82 Å². The highest BCUT2D eigenvalue weighted by molar-refractivity contribution is 9.10. The van der Waals surface area contributed by atoms with E-state index >= 15 is 0 Å². The van der Waals surface area contributed by atoms with E-state index in [4.69, 9.17) is 0 Å². The number of halogens is 1. The van der Waals surface area contributed by atoms with Crippen LogP contribution < -0.4 is 4.90 Å². The quantitative estimate of drug-likeness (QED) is 0.828. The van der Waals surface area contributed by atoms with E-state index in [2.05, 4.69) is 68.3 Å². The van der Waals surface area contributed by atoms with Gasteiger partial charge in [-0.05, 0) is 45.6 Å². The molecular formula is C16H15BrN2. The first-order valence-electron chi connectivity index (χ1n) is 6.44. The van der Waals surface area contributed by atoms with Crippen LogP contribution in [0.3, 0.4) is 0 Å². The van der Waals surface area contributed by atoms with Gasteiger partial charge in [0, 0.05) is 23.8 Å². The molecule has 0 spiro atoms. The minimum absolute atomic E-state index is 0.929. The largest absolute Gasteiger partial charge is 0.353 e. The predicted molar refractivity (Wildman–Crippen MR) is 83.2 cm³/mol. The second-order valence-corrected chi connectivity index (χ2v) is 5.54. The molecular weight excluding hydrogens is 300 g/mol. The third kappa shape index (κ3) is 2.87. The van der Waals surface area contributed by atoms with E-state index in [1.165, 1.54) is 11.1 Å². The number of anilines is 1. The summed E-state index contributed by atoms with van der Waals surface area (Å²) in [4.78, 5) is 6.75. The maximum Gasteiger partial charge on any atom is 0.128 e. The van der Waals surface area contributed by atoms with Crippen molar-refractivity contribution in [2.75, 3.05) is 18.0 Å². The van der Waals surface area contributed by atoms with Crippen LogP contribution in [0, 0.1) is 0 Å². The molecule has 0 unspecified atom stereocenters. The highest BCUT2D eigenvalue weighted by Crippen LogP contribution is 2.24. The fourth-order valence-electron chi connectivity index (χ4n) is 2.35. The summed E-state index contributed by atoms with van der Waals surface area (Å²) in [5.74, 6) is 1.05. The number of pyridine rings is 1. The van der Waals surface area contributed by atoms with Crippen molar-refractivity contribution in [3.63, 3.8) is 0 Å². The molecule has 1 aromatic carbocycles. The highest BCUT2D eigenvalue weighted by atomic mass is 79.9. The molecule has 0 aliphatic carbocycles. The fourth-order valence-corrected chi connectivity index (χ4v) is 2.58. The number of hydrogen-bond donors (Lipinski definition) is 0. The van der Waals surface area contributed by atoms with Crippen LogP contribution >= 0.6 is 15.9 Å². The standard InChI is InChI=1S/C16H15BrN2/c17-15-6-7-16(18-12-15)19-10-8-14(9-11-19)13-4-2-1-3-5-13/h1-8,12H,9-11H2. The summed E-state index contributed by atoms with van der Waals surface area (Å²) in [5, 5.41) is 0. The van der Waals surface area contributed by atoms with Crippen LogP contribution in [0.1, 0.15) is 12.0 Å². The van der Waals surface area contributed by atoms with Gasteiger partial charge in [0.1, 0.15) is 5.82 Å². The van der Waals surface area contributed by atoms with E-state index in [-0.39, 0.29) is 0 Å². The molecule has 1 aromatic heterocycles. The minimum Gasteiger partial charge on any atom is -0.353 e. The van der Waals surface area contributed by atoms with Gasteiger partial charge in [0.2, 0.25) is 0 Å². The maximum atomic E-state index is 4.45. The SMILES string of the molecule is Brc1ccc(N2CC=C(c3ccccc3)CC2)nc1. The summed E-state index contributed by atoms with van der Waals surface area (Å²) in [5.41, 5.74) is 2.78. The second kappa shape index (κ2) is 5.57. The van der Waals surface area contributed by atoms with Gasteiger partial charge in [0.25, 0.3) is 0 Å². The lowest BCUT2D eigenvalue weighted by Crippen LogP contribution is -2.28. The minimum atomic E-state index is 0.929. The zero-order chi connectivity index (χ0) is 13.1. The molecule has 2 aromatic rings. The Hall–Kier alpha value is -1.61. The summed E-state index contributed by atoms with van der Waals surface area (Å²) in [6.45, 7) is 1.95. The Bertz CT molecular complexity index is 575. The zero-order valence-corrected chi connectivity index (χ0v) is 12.2. The monoisotopic (exact) mass is 314 g/mol. The molecule has 0 radical (unpaired) electrons. The third-order valence-corrected chi connectivity index (χ3v) is 3.86. The van der Waals surface area contributed by atoms with E-state index in [9.17, 15) is 0 Å². The Morgan fingerprint density at radius 2 is 1.89 bits per heavy atom. The number of rotatable bonds is 2. The van der Waals surface area contributed by atoms with Gasteiger partial charge in [-0.1, -0.05) is 36.4 Å². The summed E-state index contributed by atoms with van der Waals surface area (Å²) >= 11 is 3.42. The molecule has 0 N–H and O–H groups in total. The number of nitrogens with zero attached hydrogens (tertiary/aromatic N) is 2. The topological polar surface area (TPSA) is 16.1 Å². The Kier molecular flexibility index (Phi) is 3.65. The van der Waals surface area contributed by atoms with E-state index in [1.807, 2.05) is 12.3 Å². The first kappa shape index (κ1) is 12.4. The molecule has 3 rings (SSSR count). The molecule has 2 heterocycles. The maximum absolute atomic E-state index is 4.45. The summed E-state index contributed by atoms with van der Waals surface area (Å²) in [7, 11) is 0. The van der Waals surface area contributed by atoms with Crippen molar-refractivity contribution in [1.82, 2.24) is 4.98 Å². The van der Waals surface area contributed by atoms with Crippen LogP contribution in [0.15, 0.2) is 59.2 Å². The molecule has 0 saturated heterocycles. The number of hydrogen-bond acceptors (Lipinski definition) is 2. The first-order chi connectivity index (χ1) is 9.33. The average Bonchev–Trinajstić information content (AvgIpc) is 2.49. The van der Waals surface area contributed by atoms with E-state index in [0.717, 1.165) is 29.8 Å². The van der Waals surface area contributed by atoms with Gasteiger partial charge in [-0.2, -0.15) is 0 Å². The predicted octanol–water partition coefficient (Wildman–Crippen LogP) is 4.14. The van der Waals surface area contributed by atoms with Gasteiger partial charge < -0.3 is 4.90 Å². The Morgan fingerprint density at radius 3 is 2.53 bits per heavy atom. The molecule has 0 atom stereocenters. The average molecular weight is 315 g/mol. The van der Waals surface area contributed by atoms with Crippen molar-refractivity contribution in [2.45, 2.75) is 6.42 Å². The molecule has 0 saturated carbocycles. The fraction of sp³-hybridized carbons (Fsp3) is 0.188. The lowest BCUT2D eigenvalue weighted by atomic mass is 10.00. The zero-order valence-electron chi connectivity index (χ0n) is 10.6. The molecule has 1 aliphatic heterocycles. The van der Waals surface area contributed by atoms with Gasteiger partial charge in [0.15, 0.2) is 0 Å². The van der Waals surface area contributed by atoms with Crippen LogP contribution in [-0.2, 0) is 0 Å². The normalized spacial score (nSPS) is 15.2. The molecule has 0 bridgehead atoms. The Morgan fingerprint density at radius 1 is 1.05 bits per heavy atom. The molecule has 1 aliphatic rings. The van der Waals surface area contributed by atoms with Crippen molar-refractivity contribution in [3.8, 4) is 0 Å². The van der Waals surface area contributed by atoms with E-state index in [1.54, 1.807) is 0 Å². The van der Waals surface area contributed by atoms with Crippen molar-refractivity contribution in [2.24, 2.45) is 0 Å². The van der Waals surface area contributed by atoms with Gasteiger partial charge in [-0.15, -0.1) is 0 Å². The van der Waals surface area contributed by atoms with Gasteiger partial charge >= 0.3 is 0 Å². The Labute approximate surface area is 121 Å². The number of aromatic nitrogens is 1. The molecule has 0 fully saturated rings. The third-order valence-electron chi connectivity index (χ3n) is 3.39. The van der Waals surface area contributed by atoms with Crippen LogP contribution in [0.25, 0.3) is 5.57 Å².